The lowest BCUT2D eigenvalue weighted by molar-refractivity contribution is -0.138. The molecule has 0 saturated carbocycles. The molecule has 16 heavy (non-hydrogen) atoms. The van der Waals surface area contributed by atoms with Crippen LogP contribution in [0.5, 0.6) is 0 Å². The molecular formula is C13H27NO2. The van der Waals surface area contributed by atoms with Gasteiger partial charge in [-0.05, 0) is 33.1 Å². The van der Waals surface area contributed by atoms with Gasteiger partial charge >= 0.3 is 0 Å². The van der Waals surface area contributed by atoms with Gasteiger partial charge in [-0.1, -0.05) is 13.8 Å². The van der Waals surface area contributed by atoms with Crippen molar-refractivity contribution in [2.45, 2.75) is 59.3 Å². The lowest BCUT2D eigenvalue weighted by atomic mass is 9.65. The molecule has 1 heterocycles. The maximum absolute atomic E-state index is 9.87. The van der Waals surface area contributed by atoms with Gasteiger partial charge < -0.3 is 9.84 Å². The highest BCUT2D eigenvalue weighted by Crippen LogP contribution is 2.46. The number of hydrogen-bond donors (Lipinski definition) is 1. The summed E-state index contributed by atoms with van der Waals surface area (Å²) in [5.74, 6) is 0. The number of aliphatic hydroxyl groups is 1. The van der Waals surface area contributed by atoms with E-state index in [0.29, 0.717) is 18.6 Å². The van der Waals surface area contributed by atoms with E-state index >= 15 is 0 Å². The van der Waals surface area contributed by atoms with Crippen LogP contribution in [-0.4, -0.2) is 47.4 Å². The third-order valence-corrected chi connectivity index (χ3v) is 4.09. The minimum atomic E-state index is -0.377. The first kappa shape index (κ1) is 13.9. The molecule has 3 heteroatoms. The molecule has 0 spiro atoms. The summed E-state index contributed by atoms with van der Waals surface area (Å²) >= 11 is 0. The van der Waals surface area contributed by atoms with Crippen molar-refractivity contribution in [3.05, 3.63) is 0 Å². The first-order valence-electron chi connectivity index (χ1n) is 6.21. The van der Waals surface area contributed by atoms with Crippen molar-refractivity contribution in [3.8, 4) is 0 Å². The van der Waals surface area contributed by atoms with E-state index in [4.69, 9.17) is 4.74 Å². The highest BCUT2D eigenvalue weighted by molar-refractivity contribution is 5.06. The summed E-state index contributed by atoms with van der Waals surface area (Å²) < 4.78 is 5.42. The van der Waals surface area contributed by atoms with E-state index in [1.165, 1.54) is 0 Å². The first-order chi connectivity index (χ1) is 7.17. The van der Waals surface area contributed by atoms with Crippen molar-refractivity contribution in [1.29, 1.82) is 0 Å². The minimum absolute atomic E-state index is 0.172. The maximum atomic E-state index is 9.87. The van der Waals surface area contributed by atoms with Gasteiger partial charge in [-0.15, -0.1) is 0 Å². The van der Waals surface area contributed by atoms with Gasteiger partial charge in [0, 0.05) is 18.6 Å². The summed E-state index contributed by atoms with van der Waals surface area (Å²) in [6, 6.07) is 0. The van der Waals surface area contributed by atoms with E-state index in [2.05, 4.69) is 32.6 Å². The quantitative estimate of drug-likeness (QED) is 0.781. The second-order valence-electron chi connectivity index (χ2n) is 6.36. The van der Waals surface area contributed by atoms with Crippen LogP contribution >= 0.6 is 0 Å². The average Bonchev–Trinajstić information content (AvgIpc) is 2.13. The van der Waals surface area contributed by atoms with Crippen LogP contribution in [0.3, 0.4) is 0 Å². The summed E-state index contributed by atoms with van der Waals surface area (Å²) in [7, 11) is 0. The fraction of sp³-hybridized carbons (Fsp3) is 1.00. The molecule has 1 N–H and O–H groups in total. The number of aliphatic hydroxyl groups excluding tert-OH is 1. The topological polar surface area (TPSA) is 32.7 Å². The Kier molecular flexibility index (Phi) is 4.04. The number of nitrogens with zero attached hydrogens (tertiary/aromatic N) is 1. The Balaban J connectivity index is 2.34. The Hall–Kier alpha value is -0.120. The van der Waals surface area contributed by atoms with Gasteiger partial charge in [0.25, 0.3) is 0 Å². The monoisotopic (exact) mass is 229 g/mol. The average molecular weight is 229 g/mol. The van der Waals surface area contributed by atoms with Crippen molar-refractivity contribution in [3.63, 3.8) is 0 Å². The summed E-state index contributed by atoms with van der Waals surface area (Å²) in [5, 5.41) is 9.87. The third kappa shape index (κ3) is 2.76. The van der Waals surface area contributed by atoms with Gasteiger partial charge in [-0.25, -0.2) is 0 Å². The van der Waals surface area contributed by atoms with E-state index in [9.17, 15) is 5.11 Å². The smallest absolute Gasteiger partial charge is 0.0900 e. The predicted molar refractivity (Wildman–Crippen MR) is 66.5 cm³/mol. The summed E-state index contributed by atoms with van der Waals surface area (Å²) in [5.41, 5.74) is 0.511. The molecule has 0 aromatic carbocycles. The second-order valence-corrected chi connectivity index (χ2v) is 6.36. The third-order valence-electron chi connectivity index (χ3n) is 4.09. The van der Waals surface area contributed by atoms with E-state index in [0.717, 1.165) is 6.54 Å². The van der Waals surface area contributed by atoms with Crippen LogP contribution in [0.25, 0.3) is 0 Å². The van der Waals surface area contributed by atoms with Crippen molar-refractivity contribution < 1.29 is 9.84 Å². The molecule has 96 valence electrons. The molecule has 0 bridgehead atoms. The van der Waals surface area contributed by atoms with Gasteiger partial charge in [0.1, 0.15) is 0 Å². The zero-order chi connectivity index (χ0) is 12.6. The van der Waals surface area contributed by atoms with Gasteiger partial charge in [-0.3, -0.25) is 4.90 Å². The Morgan fingerprint density at radius 3 is 2.19 bits per heavy atom. The Labute approximate surface area is 99.8 Å². The van der Waals surface area contributed by atoms with E-state index in [1.807, 2.05) is 13.8 Å². The lowest BCUT2D eigenvalue weighted by Gasteiger charge is -2.62. The highest BCUT2D eigenvalue weighted by atomic mass is 16.5. The predicted octanol–water partition coefficient (Wildman–Crippen LogP) is 1.89. The molecule has 0 aromatic rings. The molecule has 3 nitrogen and oxygen atoms in total. The van der Waals surface area contributed by atoms with E-state index < -0.39 is 0 Å². The number of hydrogen-bond acceptors (Lipinski definition) is 3. The summed E-state index contributed by atoms with van der Waals surface area (Å²) in [6.07, 6.45) is -0.187. The Morgan fingerprint density at radius 2 is 1.81 bits per heavy atom. The fourth-order valence-corrected chi connectivity index (χ4v) is 2.11. The minimum Gasteiger partial charge on any atom is -0.389 e. The van der Waals surface area contributed by atoms with Crippen molar-refractivity contribution in [2.75, 3.05) is 19.7 Å². The molecule has 0 aromatic heterocycles. The molecule has 0 aliphatic carbocycles. The summed E-state index contributed by atoms with van der Waals surface area (Å²) in [6.45, 7) is 15.2. The normalized spacial score (nSPS) is 25.5. The SMILES string of the molecule is CC(C)OCC(O)CN1CC(C)(C)C1(C)C. The van der Waals surface area contributed by atoms with Gasteiger partial charge in [-0.2, -0.15) is 0 Å². The molecule has 1 aliphatic heterocycles. The first-order valence-corrected chi connectivity index (χ1v) is 6.21. The number of β-amino-alcohol motifs (C(OH)–C–C–N with tert-alkyl or cyclic N) is 1. The number of rotatable bonds is 5. The van der Waals surface area contributed by atoms with Crippen molar-refractivity contribution in [2.24, 2.45) is 5.41 Å². The molecule has 1 atom stereocenters. The maximum Gasteiger partial charge on any atom is 0.0900 e. The zero-order valence-electron chi connectivity index (χ0n) is 11.6. The Morgan fingerprint density at radius 1 is 1.25 bits per heavy atom. The lowest BCUT2D eigenvalue weighted by Crippen LogP contribution is -2.70. The van der Waals surface area contributed by atoms with Crippen LogP contribution in [0.4, 0.5) is 0 Å². The molecular weight excluding hydrogens is 202 g/mol. The molecule has 1 rings (SSSR count). The number of likely N-dealkylation sites (tertiary alicyclic amines) is 1. The largest absolute Gasteiger partial charge is 0.389 e. The molecule has 1 unspecified atom stereocenters. The highest BCUT2D eigenvalue weighted by Gasteiger charge is 2.52. The van der Waals surface area contributed by atoms with Gasteiger partial charge in [0.15, 0.2) is 0 Å². The second kappa shape index (κ2) is 4.63. The standard InChI is InChI=1S/C13H27NO2/c1-10(2)16-8-11(15)7-14-9-12(3,4)13(14,5)6/h10-11,15H,7-9H2,1-6H3. The van der Waals surface area contributed by atoms with Crippen LogP contribution in [0.1, 0.15) is 41.5 Å². The van der Waals surface area contributed by atoms with Crippen LogP contribution in [-0.2, 0) is 4.74 Å². The zero-order valence-corrected chi connectivity index (χ0v) is 11.6. The van der Waals surface area contributed by atoms with Crippen LogP contribution in [0.2, 0.25) is 0 Å². The van der Waals surface area contributed by atoms with Crippen LogP contribution in [0.15, 0.2) is 0 Å². The molecule has 0 radical (unpaired) electrons. The molecule has 0 amide bonds. The van der Waals surface area contributed by atoms with Crippen molar-refractivity contribution in [1.82, 2.24) is 4.90 Å². The van der Waals surface area contributed by atoms with E-state index in [-0.39, 0.29) is 17.7 Å². The molecule has 1 fully saturated rings. The summed E-state index contributed by atoms with van der Waals surface area (Å²) in [4.78, 5) is 2.33. The number of ether oxygens (including phenoxy) is 1. The molecule has 1 aliphatic rings. The van der Waals surface area contributed by atoms with Crippen LogP contribution < -0.4 is 0 Å². The van der Waals surface area contributed by atoms with Gasteiger partial charge in [0.05, 0.1) is 18.8 Å². The fourth-order valence-electron chi connectivity index (χ4n) is 2.11. The van der Waals surface area contributed by atoms with Crippen molar-refractivity contribution >= 4 is 0 Å². The molecule has 1 saturated heterocycles. The van der Waals surface area contributed by atoms with E-state index in [1.54, 1.807) is 0 Å². The Bertz CT molecular complexity index is 236. The van der Waals surface area contributed by atoms with Gasteiger partial charge in [0.2, 0.25) is 0 Å². The van der Waals surface area contributed by atoms with Crippen LogP contribution in [0, 0.1) is 5.41 Å².